The lowest BCUT2D eigenvalue weighted by molar-refractivity contribution is 0.0695. The maximum atomic E-state index is 12.6. The molecular weight excluding hydrogens is 439 g/mol. The summed E-state index contributed by atoms with van der Waals surface area (Å²) >= 11 is 18.0. The molecule has 0 spiro atoms. The van der Waals surface area contributed by atoms with Crippen molar-refractivity contribution in [1.82, 2.24) is 9.55 Å². The molecule has 150 valence electrons. The molecule has 3 aromatic rings. The molecule has 9 heteroatoms. The monoisotopic (exact) mass is 452 g/mol. The molecule has 0 saturated carbocycles. The van der Waals surface area contributed by atoms with Crippen molar-refractivity contribution in [2.24, 2.45) is 0 Å². The van der Waals surface area contributed by atoms with Gasteiger partial charge in [0.1, 0.15) is 12.2 Å². The van der Waals surface area contributed by atoms with E-state index in [1.165, 1.54) is 6.07 Å². The first-order valence-corrected chi connectivity index (χ1v) is 9.65. The number of aromatic carboxylic acids is 1. The van der Waals surface area contributed by atoms with E-state index in [0.717, 1.165) is 6.07 Å². The maximum absolute atomic E-state index is 12.6. The lowest BCUT2D eigenvalue weighted by Crippen LogP contribution is -2.22. The first-order chi connectivity index (χ1) is 13.8. The van der Waals surface area contributed by atoms with Crippen molar-refractivity contribution in [2.75, 3.05) is 0 Å². The molecule has 1 aromatic carbocycles. The minimum absolute atomic E-state index is 0.0488. The van der Waals surface area contributed by atoms with Crippen molar-refractivity contribution < 1.29 is 14.6 Å². The average Bonchev–Trinajstić information content (AvgIpc) is 2.67. The molecule has 6 nitrogen and oxygen atoms in total. The Morgan fingerprint density at radius 1 is 1.14 bits per heavy atom. The summed E-state index contributed by atoms with van der Waals surface area (Å²) in [5.74, 6) is -1.15. The van der Waals surface area contributed by atoms with Crippen LogP contribution in [0.4, 0.5) is 0 Å². The fourth-order valence-electron chi connectivity index (χ4n) is 2.88. The molecule has 0 atom stereocenters. The molecule has 1 N–H and O–H groups in total. The summed E-state index contributed by atoms with van der Waals surface area (Å²) in [6, 6.07) is 9.08. The molecule has 0 amide bonds. The van der Waals surface area contributed by atoms with E-state index in [9.17, 15) is 14.7 Å². The number of carbonyl (C=O) groups is 1. The number of nitrogens with zero attached hydrogens (tertiary/aromatic N) is 2. The molecule has 0 unspecified atom stereocenters. The minimum Gasteiger partial charge on any atom is -0.477 e. The average molecular weight is 454 g/mol. The Hall–Kier alpha value is -2.54. The number of carboxylic acids is 1. The van der Waals surface area contributed by atoms with Crippen LogP contribution in [0.3, 0.4) is 0 Å². The van der Waals surface area contributed by atoms with Crippen LogP contribution in [0.15, 0.2) is 47.4 Å². The number of hydrogen-bond donors (Lipinski definition) is 1. The summed E-state index contributed by atoms with van der Waals surface area (Å²) < 4.78 is 7.38. The smallest absolute Gasteiger partial charge is 0.341 e. The molecule has 0 fully saturated rings. The highest BCUT2D eigenvalue weighted by atomic mass is 35.5. The quantitative estimate of drug-likeness (QED) is 0.557. The topological polar surface area (TPSA) is 81.4 Å². The molecule has 29 heavy (non-hydrogen) atoms. The Kier molecular flexibility index (Phi) is 6.47. The maximum Gasteiger partial charge on any atom is 0.341 e. The van der Waals surface area contributed by atoms with Gasteiger partial charge in [0, 0.05) is 29.4 Å². The SMILES string of the molecule is CCn1c(OCc2cc(Cl)ccn2)cc(=O)c(C(=O)O)c1-c1ccc(Cl)c(Cl)c1. The van der Waals surface area contributed by atoms with E-state index in [2.05, 4.69) is 4.98 Å². The van der Waals surface area contributed by atoms with E-state index in [4.69, 9.17) is 39.5 Å². The van der Waals surface area contributed by atoms with Gasteiger partial charge < -0.3 is 14.4 Å². The highest BCUT2D eigenvalue weighted by molar-refractivity contribution is 6.42. The van der Waals surface area contributed by atoms with Gasteiger partial charge in [-0.2, -0.15) is 0 Å². The molecule has 0 radical (unpaired) electrons. The van der Waals surface area contributed by atoms with Crippen LogP contribution in [-0.2, 0) is 13.2 Å². The molecule has 0 aliphatic rings. The first-order valence-electron chi connectivity index (χ1n) is 8.51. The van der Waals surface area contributed by atoms with E-state index in [-0.39, 0.29) is 28.8 Å². The highest BCUT2D eigenvalue weighted by Gasteiger charge is 2.23. The van der Waals surface area contributed by atoms with Gasteiger partial charge in [-0.25, -0.2) is 4.79 Å². The van der Waals surface area contributed by atoms with Crippen molar-refractivity contribution in [3.8, 4) is 17.1 Å². The largest absolute Gasteiger partial charge is 0.477 e. The zero-order valence-electron chi connectivity index (χ0n) is 15.2. The standard InChI is InChI=1S/C20H15Cl3N2O4/c1-2-25-17(29-10-13-8-12(21)5-6-24-13)9-16(26)18(20(27)28)19(25)11-3-4-14(22)15(23)7-11/h3-9H,2,10H2,1H3,(H,27,28). The lowest BCUT2D eigenvalue weighted by atomic mass is 10.0. The van der Waals surface area contributed by atoms with Gasteiger partial charge in [-0.3, -0.25) is 9.78 Å². The fourth-order valence-corrected chi connectivity index (χ4v) is 3.36. The van der Waals surface area contributed by atoms with Gasteiger partial charge in [0.15, 0.2) is 5.88 Å². The van der Waals surface area contributed by atoms with Crippen molar-refractivity contribution in [3.63, 3.8) is 0 Å². The number of aromatic nitrogens is 2. The van der Waals surface area contributed by atoms with Crippen molar-refractivity contribution >= 4 is 40.8 Å². The Labute approximate surface area is 181 Å². The van der Waals surface area contributed by atoms with E-state index in [1.807, 2.05) is 6.92 Å². The van der Waals surface area contributed by atoms with Crippen LogP contribution in [0.2, 0.25) is 15.1 Å². The summed E-state index contributed by atoms with van der Waals surface area (Å²) in [6.45, 7) is 2.20. The van der Waals surface area contributed by atoms with Crippen LogP contribution in [-0.4, -0.2) is 20.6 Å². The van der Waals surface area contributed by atoms with E-state index in [1.54, 1.807) is 35.0 Å². The van der Waals surface area contributed by atoms with Crippen LogP contribution >= 0.6 is 34.8 Å². The van der Waals surface area contributed by atoms with Gasteiger partial charge in [-0.1, -0.05) is 40.9 Å². The second kappa shape index (κ2) is 8.86. The second-order valence-electron chi connectivity index (χ2n) is 6.00. The third-order valence-corrected chi connectivity index (χ3v) is 5.12. The second-order valence-corrected chi connectivity index (χ2v) is 7.25. The summed E-state index contributed by atoms with van der Waals surface area (Å²) in [6.07, 6.45) is 1.54. The Balaban J connectivity index is 2.15. The predicted octanol–water partition coefficient (Wildman–Crippen LogP) is 5.17. The number of carboxylic acid groups (broad SMARTS) is 1. The Bertz CT molecular complexity index is 1150. The molecule has 0 saturated heterocycles. The molecule has 0 aliphatic heterocycles. The molecule has 2 aromatic heterocycles. The van der Waals surface area contributed by atoms with Crippen LogP contribution < -0.4 is 10.2 Å². The zero-order chi connectivity index (χ0) is 21.1. The summed E-state index contributed by atoms with van der Waals surface area (Å²) in [5.41, 5.74) is 0.115. The number of ether oxygens (including phenoxy) is 1. The van der Waals surface area contributed by atoms with Crippen molar-refractivity contribution in [1.29, 1.82) is 0 Å². The summed E-state index contributed by atoms with van der Waals surface area (Å²) in [4.78, 5) is 28.6. The van der Waals surface area contributed by atoms with E-state index in [0.29, 0.717) is 27.8 Å². The van der Waals surface area contributed by atoms with Gasteiger partial charge in [0.2, 0.25) is 5.43 Å². The molecule has 2 heterocycles. The fraction of sp³-hybridized carbons (Fsp3) is 0.150. The third-order valence-electron chi connectivity index (χ3n) is 4.14. The first kappa shape index (κ1) is 21.2. The predicted molar refractivity (Wildman–Crippen MR) is 112 cm³/mol. The number of pyridine rings is 2. The lowest BCUT2D eigenvalue weighted by Gasteiger charge is -2.20. The van der Waals surface area contributed by atoms with Crippen LogP contribution in [0, 0.1) is 0 Å². The summed E-state index contributed by atoms with van der Waals surface area (Å²) in [5, 5.41) is 10.7. The summed E-state index contributed by atoms with van der Waals surface area (Å²) in [7, 11) is 0. The van der Waals surface area contributed by atoms with Crippen molar-refractivity contribution in [2.45, 2.75) is 20.1 Å². The molecule has 3 rings (SSSR count). The number of rotatable bonds is 6. The number of halogens is 3. The van der Waals surface area contributed by atoms with Gasteiger partial charge in [-0.05, 0) is 31.2 Å². The normalized spacial score (nSPS) is 10.8. The zero-order valence-corrected chi connectivity index (χ0v) is 17.4. The van der Waals surface area contributed by atoms with Gasteiger partial charge in [0.05, 0.1) is 21.4 Å². The van der Waals surface area contributed by atoms with E-state index >= 15 is 0 Å². The van der Waals surface area contributed by atoms with Crippen LogP contribution in [0.5, 0.6) is 5.88 Å². The van der Waals surface area contributed by atoms with E-state index < -0.39 is 11.4 Å². The van der Waals surface area contributed by atoms with Crippen LogP contribution in [0.1, 0.15) is 23.0 Å². The number of hydrogen-bond acceptors (Lipinski definition) is 4. The Morgan fingerprint density at radius 2 is 1.90 bits per heavy atom. The third kappa shape index (κ3) is 4.56. The minimum atomic E-state index is -1.35. The van der Waals surface area contributed by atoms with Gasteiger partial charge in [0.25, 0.3) is 0 Å². The van der Waals surface area contributed by atoms with Gasteiger partial charge >= 0.3 is 5.97 Å². The van der Waals surface area contributed by atoms with Crippen molar-refractivity contribution in [3.05, 3.63) is 79.1 Å². The molecule has 0 bridgehead atoms. The molecule has 0 aliphatic carbocycles. The number of benzene rings is 1. The molecular formula is C20H15Cl3N2O4. The highest BCUT2D eigenvalue weighted by Crippen LogP contribution is 2.32. The van der Waals surface area contributed by atoms with Gasteiger partial charge in [-0.15, -0.1) is 0 Å². The van der Waals surface area contributed by atoms with Crippen LogP contribution in [0.25, 0.3) is 11.3 Å². The Morgan fingerprint density at radius 3 is 2.52 bits per heavy atom.